The van der Waals surface area contributed by atoms with Crippen molar-refractivity contribution in [3.8, 4) is 5.75 Å². The second kappa shape index (κ2) is 9.96. The molecule has 2 aromatic carbocycles. The van der Waals surface area contributed by atoms with Gasteiger partial charge in [-0.05, 0) is 66.5 Å². The number of anilines is 1. The highest BCUT2D eigenvalue weighted by Gasteiger charge is 2.31. The van der Waals surface area contributed by atoms with Gasteiger partial charge in [-0.3, -0.25) is 4.79 Å². The lowest BCUT2D eigenvalue weighted by Crippen LogP contribution is -2.55. The van der Waals surface area contributed by atoms with Gasteiger partial charge in [0.15, 0.2) is 0 Å². The van der Waals surface area contributed by atoms with Crippen LogP contribution in [0.3, 0.4) is 0 Å². The zero-order chi connectivity index (χ0) is 23.7. The minimum Gasteiger partial charge on any atom is -0.508 e. The molecule has 6 nitrogen and oxygen atoms in total. The highest BCUT2D eigenvalue weighted by Crippen LogP contribution is 2.32. The molecule has 0 aliphatic carbocycles. The average molecular weight is 463 g/mol. The van der Waals surface area contributed by atoms with E-state index in [1.807, 2.05) is 6.07 Å². The van der Waals surface area contributed by atoms with E-state index >= 15 is 0 Å². The third-order valence-corrected chi connectivity index (χ3v) is 7.98. The topological polar surface area (TPSA) is 67.8 Å². The van der Waals surface area contributed by atoms with E-state index in [1.165, 1.54) is 30.5 Å². The van der Waals surface area contributed by atoms with Crippen molar-refractivity contribution in [1.82, 2.24) is 15.5 Å². The van der Waals surface area contributed by atoms with Gasteiger partial charge in [0.2, 0.25) is 5.91 Å². The largest absolute Gasteiger partial charge is 0.508 e. The Morgan fingerprint density at radius 2 is 1.88 bits per heavy atom. The minimum absolute atomic E-state index is 0.0842. The van der Waals surface area contributed by atoms with Crippen molar-refractivity contribution < 1.29 is 9.90 Å². The number of phenols is 1. The molecule has 3 aliphatic heterocycles. The molecule has 6 heteroatoms. The summed E-state index contributed by atoms with van der Waals surface area (Å²) in [7, 11) is 0. The van der Waals surface area contributed by atoms with E-state index in [1.54, 1.807) is 12.1 Å². The van der Waals surface area contributed by atoms with Gasteiger partial charge in [0.05, 0.1) is 6.04 Å². The smallest absolute Gasteiger partial charge is 0.237 e. The van der Waals surface area contributed by atoms with Gasteiger partial charge in [-0.15, -0.1) is 0 Å². The van der Waals surface area contributed by atoms with Crippen molar-refractivity contribution >= 4 is 11.6 Å². The second-order valence-electron chi connectivity index (χ2n) is 10.6. The average Bonchev–Trinajstić information content (AvgIpc) is 3.28. The summed E-state index contributed by atoms with van der Waals surface area (Å²) in [6.07, 6.45) is 4.19. The molecule has 0 bridgehead atoms. The molecule has 1 saturated heterocycles. The molecule has 3 N–H and O–H groups in total. The maximum Gasteiger partial charge on any atom is 0.237 e. The van der Waals surface area contributed by atoms with Crippen LogP contribution in [0, 0.1) is 5.92 Å². The highest BCUT2D eigenvalue weighted by atomic mass is 16.3. The second-order valence-corrected chi connectivity index (χ2v) is 10.6. The summed E-state index contributed by atoms with van der Waals surface area (Å²) in [4.78, 5) is 18.3. The molecular formula is C28H38N4O2. The van der Waals surface area contributed by atoms with E-state index in [4.69, 9.17) is 0 Å². The Balaban J connectivity index is 1.14. The van der Waals surface area contributed by atoms with Gasteiger partial charge in [0, 0.05) is 50.5 Å². The predicted octanol–water partition coefficient (Wildman–Crippen LogP) is 3.07. The molecule has 0 aromatic heterocycles. The molecule has 2 aromatic rings. The number of carbonyl (C=O) groups excluding carboxylic acids is 1. The first-order valence-electron chi connectivity index (χ1n) is 12.9. The normalized spacial score (nSPS) is 21.9. The number of benzene rings is 2. The predicted molar refractivity (Wildman–Crippen MR) is 136 cm³/mol. The molecule has 0 spiro atoms. The van der Waals surface area contributed by atoms with Crippen LogP contribution in [0.25, 0.3) is 0 Å². The summed E-state index contributed by atoms with van der Waals surface area (Å²) in [6.45, 7) is 9.23. The number of piperidine rings is 1. The number of amides is 1. The number of para-hydroxylation sites is 1. The van der Waals surface area contributed by atoms with Gasteiger partial charge in [0.25, 0.3) is 0 Å². The van der Waals surface area contributed by atoms with Crippen LogP contribution in [0.2, 0.25) is 0 Å². The van der Waals surface area contributed by atoms with Crippen molar-refractivity contribution in [2.24, 2.45) is 5.92 Å². The molecule has 182 valence electrons. The van der Waals surface area contributed by atoms with E-state index < -0.39 is 0 Å². The Hall–Kier alpha value is -2.57. The molecule has 0 saturated carbocycles. The number of carbonyl (C=O) groups is 1. The molecule has 5 rings (SSSR count). The third-order valence-electron chi connectivity index (χ3n) is 7.98. The lowest BCUT2D eigenvalue weighted by Gasteiger charge is -2.40. The van der Waals surface area contributed by atoms with Crippen molar-refractivity contribution in [3.63, 3.8) is 0 Å². The van der Waals surface area contributed by atoms with Crippen LogP contribution < -0.4 is 15.5 Å². The Morgan fingerprint density at radius 3 is 2.68 bits per heavy atom. The number of aromatic hydroxyl groups is 1. The highest BCUT2D eigenvalue weighted by molar-refractivity contribution is 5.82. The van der Waals surface area contributed by atoms with Crippen molar-refractivity contribution in [2.75, 3.05) is 31.1 Å². The van der Waals surface area contributed by atoms with Crippen LogP contribution in [0.5, 0.6) is 5.75 Å². The quantitative estimate of drug-likeness (QED) is 0.616. The molecule has 34 heavy (non-hydrogen) atoms. The van der Waals surface area contributed by atoms with Crippen molar-refractivity contribution in [2.45, 2.75) is 64.2 Å². The first-order valence-corrected chi connectivity index (χ1v) is 12.9. The van der Waals surface area contributed by atoms with E-state index in [9.17, 15) is 9.90 Å². The number of hydrogen-bond donors (Lipinski definition) is 3. The molecule has 3 aliphatic rings. The minimum atomic E-state index is -0.223. The van der Waals surface area contributed by atoms with E-state index in [2.05, 4.69) is 58.5 Å². The SMILES string of the molecule is CC(C)[C@H](CN1CCC(N2CCc3ccccc32)CC1)NC(=O)[C@H]1Cc2ccc(O)cc2CN1. The van der Waals surface area contributed by atoms with Gasteiger partial charge in [-0.2, -0.15) is 0 Å². The molecule has 2 atom stereocenters. The van der Waals surface area contributed by atoms with Gasteiger partial charge in [-0.25, -0.2) is 0 Å². The van der Waals surface area contributed by atoms with Crippen LogP contribution >= 0.6 is 0 Å². The fraction of sp³-hybridized carbons (Fsp3) is 0.536. The van der Waals surface area contributed by atoms with Crippen molar-refractivity contribution in [1.29, 1.82) is 0 Å². The number of phenolic OH excluding ortho intramolecular Hbond substituents is 1. The summed E-state index contributed by atoms with van der Waals surface area (Å²) in [5, 5.41) is 16.4. The number of rotatable bonds is 6. The molecule has 1 fully saturated rings. The number of nitrogens with zero attached hydrogens (tertiary/aromatic N) is 2. The third kappa shape index (κ3) is 4.93. The van der Waals surface area contributed by atoms with Gasteiger partial charge >= 0.3 is 0 Å². The van der Waals surface area contributed by atoms with Crippen LogP contribution in [-0.2, 0) is 24.2 Å². The maximum absolute atomic E-state index is 13.1. The summed E-state index contributed by atoms with van der Waals surface area (Å²) >= 11 is 0. The van der Waals surface area contributed by atoms with Crippen LogP contribution in [0.4, 0.5) is 5.69 Å². The van der Waals surface area contributed by atoms with Gasteiger partial charge in [0.1, 0.15) is 5.75 Å². The van der Waals surface area contributed by atoms with E-state index in [-0.39, 0.29) is 23.7 Å². The number of nitrogens with one attached hydrogen (secondary N) is 2. The zero-order valence-electron chi connectivity index (χ0n) is 20.5. The zero-order valence-corrected chi connectivity index (χ0v) is 20.5. The summed E-state index contributed by atoms with van der Waals surface area (Å²) < 4.78 is 0. The summed E-state index contributed by atoms with van der Waals surface area (Å²) in [5.41, 5.74) is 5.14. The Bertz CT molecular complexity index is 1020. The van der Waals surface area contributed by atoms with Crippen molar-refractivity contribution in [3.05, 3.63) is 59.2 Å². The lowest BCUT2D eigenvalue weighted by atomic mass is 9.94. The Labute approximate surface area is 203 Å². The first kappa shape index (κ1) is 23.2. The number of likely N-dealkylation sites (tertiary alicyclic amines) is 1. The monoisotopic (exact) mass is 462 g/mol. The molecular weight excluding hydrogens is 424 g/mol. The summed E-state index contributed by atoms with van der Waals surface area (Å²) in [5.74, 6) is 0.738. The maximum atomic E-state index is 13.1. The Morgan fingerprint density at radius 1 is 1.09 bits per heavy atom. The Kier molecular flexibility index (Phi) is 6.79. The summed E-state index contributed by atoms with van der Waals surface area (Å²) in [6, 6.07) is 14.8. The number of hydrogen-bond acceptors (Lipinski definition) is 5. The molecule has 0 unspecified atom stereocenters. The lowest BCUT2D eigenvalue weighted by molar-refractivity contribution is -0.124. The molecule has 3 heterocycles. The first-order chi connectivity index (χ1) is 16.5. The van der Waals surface area contributed by atoms with E-state index in [0.717, 1.165) is 37.3 Å². The standard InChI is InChI=1S/C28H38N4O2/c1-19(2)26(30-28(34)25-16-21-7-8-24(33)15-22(21)17-29-25)18-31-12-10-23(11-13-31)32-14-9-20-5-3-4-6-27(20)32/h3-8,15,19,23,25-26,29,33H,9-14,16-18H2,1-2H3,(H,30,34)/t25-,26+/m1/s1. The fourth-order valence-corrected chi connectivity index (χ4v) is 5.83. The van der Waals surface area contributed by atoms with Crippen LogP contribution in [-0.4, -0.2) is 60.2 Å². The molecule has 0 radical (unpaired) electrons. The van der Waals surface area contributed by atoms with Crippen LogP contribution in [0.15, 0.2) is 42.5 Å². The van der Waals surface area contributed by atoms with E-state index in [0.29, 0.717) is 24.9 Å². The van der Waals surface area contributed by atoms with Crippen LogP contribution in [0.1, 0.15) is 43.4 Å². The number of fused-ring (bicyclic) bond motifs is 2. The fourth-order valence-electron chi connectivity index (χ4n) is 5.83. The molecule has 1 amide bonds. The van der Waals surface area contributed by atoms with Gasteiger partial charge in [-0.1, -0.05) is 38.1 Å². The van der Waals surface area contributed by atoms with Gasteiger partial charge < -0.3 is 25.5 Å².